The van der Waals surface area contributed by atoms with Crippen LogP contribution in [0.5, 0.6) is 5.88 Å². The van der Waals surface area contributed by atoms with Crippen molar-refractivity contribution in [3.05, 3.63) is 89.1 Å². The number of nitrogens with zero attached hydrogens (tertiary/aromatic N) is 1. The highest BCUT2D eigenvalue weighted by Crippen LogP contribution is 2.25. The Labute approximate surface area is 175 Å². The van der Waals surface area contributed by atoms with Crippen molar-refractivity contribution in [2.45, 2.75) is 26.9 Å². The number of esters is 1. The fourth-order valence-electron chi connectivity index (χ4n) is 2.94. The Balaban J connectivity index is 1.89. The number of carbonyl (C=O) groups excluding carboxylic acids is 2. The monoisotopic (exact) mass is 404 g/mol. The Hall–Kier alpha value is -3.67. The third kappa shape index (κ3) is 5.03. The number of amides is 1. The summed E-state index contributed by atoms with van der Waals surface area (Å²) in [5.74, 6) is -0.951. The minimum Gasteiger partial charge on any atom is -0.477 e. The number of aryl methyl sites for hydroxylation is 2. The van der Waals surface area contributed by atoms with Crippen LogP contribution in [0, 0.1) is 13.8 Å². The lowest BCUT2D eigenvalue weighted by Crippen LogP contribution is -2.26. The molecule has 2 aromatic carbocycles. The summed E-state index contributed by atoms with van der Waals surface area (Å²) in [6.07, 6.45) is 0.400. The van der Waals surface area contributed by atoms with E-state index in [2.05, 4.69) is 10.3 Å². The Bertz CT molecular complexity index is 1030. The molecule has 0 radical (unpaired) electrons. The summed E-state index contributed by atoms with van der Waals surface area (Å²) in [6.45, 7) is 6.00. The highest BCUT2D eigenvalue weighted by Gasteiger charge is 2.27. The summed E-state index contributed by atoms with van der Waals surface area (Å²) >= 11 is 0. The number of benzene rings is 2. The van der Waals surface area contributed by atoms with Crippen LogP contribution in [-0.2, 0) is 9.53 Å². The molecule has 0 aliphatic carbocycles. The normalized spacial score (nSPS) is 11.4. The van der Waals surface area contributed by atoms with Crippen molar-refractivity contribution >= 4 is 17.6 Å². The van der Waals surface area contributed by atoms with E-state index in [-0.39, 0.29) is 11.4 Å². The van der Waals surface area contributed by atoms with Gasteiger partial charge in [-0.2, -0.15) is 0 Å². The zero-order valence-electron chi connectivity index (χ0n) is 17.2. The Morgan fingerprint density at radius 3 is 2.53 bits per heavy atom. The summed E-state index contributed by atoms with van der Waals surface area (Å²) in [5.41, 5.74) is 3.34. The third-order valence-corrected chi connectivity index (χ3v) is 4.49. The van der Waals surface area contributed by atoms with Crippen molar-refractivity contribution in [2.75, 3.05) is 11.9 Å². The maximum Gasteiger partial charge on any atom is 0.344 e. The standard InChI is InChI=1S/C24H24N2O4/c1-4-29-23-19(11-8-14-25-23)24(28)30-21(18-9-6-5-7-10-18)22(27)26-20-15-16(2)12-13-17(20)3/h5-15,21H,4H2,1-3H3,(H,26,27)/t21-/m1/s1. The molecule has 3 aromatic rings. The van der Waals surface area contributed by atoms with Gasteiger partial charge in [-0.3, -0.25) is 4.79 Å². The second-order valence-corrected chi connectivity index (χ2v) is 6.79. The van der Waals surface area contributed by atoms with Crippen LogP contribution in [0.25, 0.3) is 0 Å². The summed E-state index contributed by atoms with van der Waals surface area (Å²) in [6, 6.07) is 17.9. The predicted octanol–water partition coefficient (Wildman–Crippen LogP) is 4.63. The van der Waals surface area contributed by atoms with Gasteiger partial charge in [0, 0.05) is 17.4 Å². The lowest BCUT2D eigenvalue weighted by atomic mass is 10.1. The van der Waals surface area contributed by atoms with Crippen LogP contribution in [0.3, 0.4) is 0 Å². The van der Waals surface area contributed by atoms with Crippen LogP contribution in [0.1, 0.15) is 40.1 Å². The highest BCUT2D eigenvalue weighted by atomic mass is 16.6. The number of hydrogen-bond donors (Lipinski definition) is 1. The maximum atomic E-state index is 13.1. The maximum absolute atomic E-state index is 13.1. The molecule has 6 heteroatoms. The van der Waals surface area contributed by atoms with E-state index >= 15 is 0 Å². The number of hydrogen-bond acceptors (Lipinski definition) is 5. The van der Waals surface area contributed by atoms with E-state index in [1.165, 1.54) is 6.20 Å². The molecule has 0 aliphatic heterocycles. The third-order valence-electron chi connectivity index (χ3n) is 4.49. The van der Waals surface area contributed by atoms with Crippen LogP contribution >= 0.6 is 0 Å². The van der Waals surface area contributed by atoms with Crippen molar-refractivity contribution in [3.63, 3.8) is 0 Å². The molecule has 0 aliphatic rings. The summed E-state index contributed by atoms with van der Waals surface area (Å²) < 4.78 is 11.1. The first-order chi connectivity index (χ1) is 14.5. The van der Waals surface area contributed by atoms with Gasteiger partial charge in [0.25, 0.3) is 5.91 Å². The number of ether oxygens (including phenoxy) is 2. The van der Waals surface area contributed by atoms with E-state index < -0.39 is 18.0 Å². The van der Waals surface area contributed by atoms with Crippen LogP contribution < -0.4 is 10.1 Å². The van der Waals surface area contributed by atoms with E-state index in [0.717, 1.165) is 11.1 Å². The number of nitrogens with one attached hydrogen (secondary N) is 1. The highest BCUT2D eigenvalue weighted by molar-refractivity contribution is 5.99. The fraction of sp³-hybridized carbons (Fsp3) is 0.208. The fourth-order valence-corrected chi connectivity index (χ4v) is 2.94. The van der Waals surface area contributed by atoms with Gasteiger partial charge in [-0.1, -0.05) is 42.5 Å². The van der Waals surface area contributed by atoms with E-state index in [1.807, 2.05) is 38.1 Å². The zero-order chi connectivity index (χ0) is 21.5. The molecule has 1 heterocycles. The first kappa shape index (κ1) is 21.0. The molecule has 0 spiro atoms. The predicted molar refractivity (Wildman–Crippen MR) is 115 cm³/mol. The average molecular weight is 404 g/mol. The molecule has 0 saturated carbocycles. The number of pyridine rings is 1. The van der Waals surface area contributed by atoms with Gasteiger partial charge >= 0.3 is 5.97 Å². The number of rotatable bonds is 7. The molecular weight excluding hydrogens is 380 g/mol. The van der Waals surface area contributed by atoms with Crippen molar-refractivity contribution in [2.24, 2.45) is 0 Å². The molecule has 154 valence electrons. The number of anilines is 1. The van der Waals surface area contributed by atoms with Crippen molar-refractivity contribution in [3.8, 4) is 5.88 Å². The second kappa shape index (κ2) is 9.69. The number of aromatic nitrogens is 1. The molecule has 6 nitrogen and oxygen atoms in total. The van der Waals surface area contributed by atoms with E-state index in [4.69, 9.17) is 9.47 Å². The topological polar surface area (TPSA) is 77.5 Å². The molecule has 0 saturated heterocycles. The van der Waals surface area contributed by atoms with Crippen molar-refractivity contribution in [1.82, 2.24) is 4.98 Å². The summed E-state index contributed by atoms with van der Waals surface area (Å²) in [5, 5.41) is 2.88. The SMILES string of the molecule is CCOc1ncccc1C(=O)O[C@@H](C(=O)Nc1cc(C)ccc1C)c1ccccc1. The van der Waals surface area contributed by atoms with Gasteiger partial charge in [0.1, 0.15) is 5.56 Å². The van der Waals surface area contributed by atoms with Crippen molar-refractivity contribution < 1.29 is 19.1 Å². The smallest absolute Gasteiger partial charge is 0.344 e. The number of carbonyl (C=O) groups is 2. The van der Waals surface area contributed by atoms with Gasteiger partial charge in [-0.25, -0.2) is 9.78 Å². The van der Waals surface area contributed by atoms with Gasteiger partial charge in [0.05, 0.1) is 6.61 Å². The Kier molecular flexibility index (Phi) is 6.80. The van der Waals surface area contributed by atoms with Crippen LogP contribution in [-0.4, -0.2) is 23.5 Å². The van der Waals surface area contributed by atoms with Gasteiger partial charge in [-0.05, 0) is 50.1 Å². The molecule has 1 amide bonds. The van der Waals surface area contributed by atoms with E-state index in [9.17, 15) is 9.59 Å². The lowest BCUT2D eigenvalue weighted by molar-refractivity contribution is -0.125. The van der Waals surface area contributed by atoms with Crippen molar-refractivity contribution in [1.29, 1.82) is 0 Å². The molecule has 0 bridgehead atoms. The Morgan fingerprint density at radius 2 is 1.80 bits per heavy atom. The molecular formula is C24H24N2O4. The minimum atomic E-state index is -1.13. The zero-order valence-corrected chi connectivity index (χ0v) is 17.2. The molecule has 3 rings (SSSR count). The Morgan fingerprint density at radius 1 is 1.03 bits per heavy atom. The van der Waals surface area contributed by atoms with Gasteiger partial charge in [0.2, 0.25) is 12.0 Å². The molecule has 0 unspecified atom stereocenters. The summed E-state index contributed by atoms with van der Waals surface area (Å²) in [7, 11) is 0. The minimum absolute atomic E-state index is 0.166. The second-order valence-electron chi connectivity index (χ2n) is 6.79. The van der Waals surface area contributed by atoms with Crippen LogP contribution in [0.4, 0.5) is 5.69 Å². The molecule has 1 N–H and O–H groups in total. The molecule has 1 aromatic heterocycles. The lowest BCUT2D eigenvalue weighted by Gasteiger charge is -2.19. The summed E-state index contributed by atoms with van der Waals surface area (Å²) in [4.78, 5) is 30.1. The average Bonchev–Trinajstić information content (AvgIpc) is 2.75. The van der Waals surface area contributed by atoms with Gasteiger partial charge in [0.15, 0.2) is 0 Å². The first-order valence-electron chi connectivity index (χ1n) is 9.71. The first-order valence-corrected chi connectivity index (χ1v) is 9.71. The van der Waals surface area contributed by atoms with Crippen LogP contribution in [0.2, 0.25) is 0 Å². The molecule has 30 heavy (non-hydrogen) atoms. The van der Waals surface area contributed by atoms with Crippen LogP contribution in [0.15, 0.2) is 66.9 Å². The van der Waals surface area contributed by atoms with Gasteiger partial charge < -0.3 is 14.8 Å². The molecule has 1 atom stereocenters. The quantitative estimate of drug-likeness (QED) is 0.581. The van der Waals surface area contributed by atoms with E-state index in [0.29, 0.717) is 17.9 Å². The molecule has 0 fully saturated rings. The largest absolute Gasteiger partial charge is 0.477 e. The van der Waals surface area contributed by atoms with E-state index in [1.54, 1.807) is 43.3 Å². The van der Waals surface area contributed by atoms with Gasteiger partial charge in [-0.15, -0.1) is 0 Å².